The highest BCUT2D eigenvalue weighted by Gasteiger charge is 1.91. The van der Waals surface area contributed by atoms with Crippen molar-refractivity contribution in [2.75, 3.05) is 0 Å². The van der Waals surface area contributed by atoms with Crippen LogP contribution in [-0.4, -0.2) is 5.78 Å². The van der Waals surface area contributed by atoms with E-state index in [-0.39, 0.29) is 5.78 Å². The molecule has 1 nitrogen and oxygen atoms in total. The third-order valence-electron chi connectivity index (χ3n) is 2.32. The molecule has 0 aliphatic carbocycles. The average molecular weight is 214 g/mol. The number of hydrogen-bond donors (Lipinski definition) is 0. The van der Waals surface area contributed by atoms with Crippen LogP contribution in [0.2, 0.25) is 0 Å². The summed E-state index contributed by atoms with van der Waals surface area (Å²) in [6.45, 7) is 5.66. The fourth-order valence-electron chi connectivity index (χ4n) is 1.43. The number of carbonyl (C=O) groups is 1. The third kappa shape index (κ3) is 4.74. The van der Waals surface area contributed by atoms with Crippen LogP contribution in [0, 0.1) is 6.92 Å². The molecule has 0 unspecified atom stereocenters. The van der Waals surface area contributed by atoms with Gasteiger partial charge in [0, 0.05) is 0 Å². The normalized spacial score (nSPS) is 12.1. The van der Waals surface area contributed by atoms with Gasteiger partial charge in [-0.05, 0) is 38.8 Å². The maximum Gasteiger partial charge on any atom is 0.152 e. The van der Waals surface area contributed by atoms with E-state index in [1.54, 1.807) is 13.0 Å². The Bertz CT molecular complexity index is 425. The van der Waals surface area contributed by atoms with E-state index in [0.717, 1.165) is 12.0 Å². The van der Waals surface area contributed by atoms with Crippen molar-refractivity contribution in [3.05, 3.63) is 59.2 Å². The minimum Gasteiger partial charge on any atom is -0.295 e. The summed E-state index contributed by atoms with van der Waals surface area (Å²) >= 11 is 0. The Hall–Kier alpha value is -1.63. The molecule has 1 aromatic rings. The summed E-state index contributed by atoms with van der Waals surface area (Å²) in [5, 5.41) is 0. The van der Waals surface area contributed by atoms with Gasteiger partial charge in [0.15, 0.2) is 5.78 Å². The maximum absolute atomic E-state index is 10.8. The van der Waals surface area contributed by atoms with Crippen molar-refractivity contribution in [2.24, 2.45) is 0 Å². The van der Waals surface area contributed by atoms with E-state index < -0.39 is 0 Å². The number of ketones is 1. The Kier molecular flexibility index (Phi) is 4.71. The van der Waals surface area contributed by atoms with Gasteiger partial charge in [0.25, 0.3) is 0 Å². The lowest BCUT2D eigenvalue weighted by atomic mass is 10.1. The first-order chi connectivity index (χ1) is 7.58. The second-order valence-corrected chi connectivity index (χ2v) is 4.09. The molecule has 0 aromatic heterocycles. The molecular weight excluding hydrogens is 196 g/mol. The van der Waals surface area contributed by atoms with Crippen LogP contribution in [0.4, 0.5) is 0 Å². The second kappa shape index (κ2) is 6.06. The molecule has 16 heavy (non-hydrogen) atoms. The molecule has 0 aliphatic heterocycles. The Morgan fingerprint density at radius 2 is 2.00 bits per heavy atom. The van der Waals surface area contributed by atoms with E-state index in [0.29, 0.717) is 0 Å². The van der Waals surface area contributed by atoms with Crippen molar-refractivity contribution in [1.82, 2.24) is 0 Å². The zero-order valence-corrected chi connectivity index (χ0v) is 10.2. The molecule has 1 rings (SSSR count). The quantitative estimate of drug-likeness (QED) is 0.552. The van der Waals surface area contributed by atoms with E-state index >= 15 is 0 Å². The number of carbonyl (C=O) groups excluding carboxylic acids is 1. The average Bonchev–Trinajstić information content (AvgIpc) is 2.23. The second-order valence-electron chi connectivity index (χ2n) is 4.09. The molecule has 0 fully saturated rings. The van der Waals surface area contributed by atoms with Crippen LogP contribution in [0.25, 0.3) is 0 Å². The molecule has 1 heteroatoms. The first-order valence-electron chi connectivity index (χ1n) is 5.49. The van der Waals surface area contributed by atoms with Crippen molar-refractivity contribution < 1.29 is 4.79 Å². The standard InChI is InChI=1S/C15H18O/c1-12(7-9-14(3)16)8-10-15-6-4-5-13(2)11-15/h4-9,11H,10H2,1-3H3/b9-7+,12-8+. The fourth-order valence-corrected chi connectivity index (χ4v) is 1.43. The minimum atomic E-state index is 0.0864. The topological polar surface area (TPSA) is 17.1 Å². The Morgan fingerprint density at radius 1 is 1.25 bits per heavy atom. The van der Waals surface area contributed by atoms with E-state index in [2.05, 4.69) is 37.3 Å². The molecule has 84 valence electrons. The van der Waals surface area contributed by atoms with Crippen LogP contribution >= 0.6 is 0 Å². The monoisotopic (exact) mass is 214 g/mol. The first kappa shape index (κ1) is 12.4. The van der Waals surface area contributed by atoms with Crippen LogP contribution in [0.5, 0.6) is 0 Å². The molecule has 0 N–H and O–H groups in total. The molecule has 0 saturated heterocycles. The molecule has 0 spiro atoms. The Balaban J connectivity index is 2.62. The third-order valence-corrected chi connectivity index (χ3v) is 2.32. The van der Waals surface area contributed by atoms with Gasteiger partial charge in [0.1, 0.15) is 0 Å². The summed E-state index contributed by atoms with van der Waals surface area (Å²) in [5.74, 6) is 0.0864. The lowest BCUT2D eigenvalue weighted by Gasteiger charge is -1.99. The summed E-state index contributed by atoms with van der Waals surface area (Å²) < 4.78 is 0. The van der Waals surface area contributed by atoms with Gasteiger partial charge in [-0.25, -0.2) is 0 Å². The van der Waals surface area contributed by atoms with Gasteiger partial charge in [-0.1, -0.05) is 47.6 Å². The molecule has 0 radical (unpaired) electrons. The SMILES string of the molecule is CC(=O)/C=C/C(C)=C/Cc1cccc(C)c1. The predicted molar refractivity (Wildman–Crippen MR) is 68.5 cm³/mol. The van der Waals surface area contributed by atoms with E-state index in [9.17, 15) is 4.79 Å². The Labute approximate surface area is 97.5 Å². The summed E-state index contributed by atoms with van der Waals surface area (Å²) in [6.07, 6.45) is 6.50. The fraction of sp³-hybridized carbons (Fsp3) is 0.267. The number of hydrogen-bond acceptors (Lipinski definition) is 1. The van der Waals surface area contributed by atoms with Gasteiger partial charge in [-0.15, -0.1) is 0 Å². The summed E-state index contributed by atoms with van der Waals surface area (Å²) in [4.78, 5) is 10.8. The van der Waals surface area contributed by atoms with Crippen molar-refractivity contribution in [3.8, 4) is 0 Å². The zero-order valence-electron chi connectivity index (χ0n) is 10.2. The number of allylic oxidation sites excluding steroid dienone is 4. The lowest BCUT2D eigenvalue weighted by molar-refractivity contribution is -0.112. The molecule has 0 saturated carbocycles. The smallest absolute Gasteiger partial charge is 0.152 e. The maximum atomic E-state index is 10.8. The van der Waals surface area contributed by atoms with Gasteiger partial charge in [0.05, 0.1) is 0 Å². The number of aryl methyl sites for hydroxylation is 1. The molecule has 0 amide bonds. The number of benzene rings is 1. The highest BCUT2D eigenvalue weighted by atomic mass is 16.1. The minimum absolute atomic E-state index is 0.0864. The van der Waals surface area contributed by atoms with Gasteiger partial charge in [-0.2, -0.15) is 0 Å². The van der Waals surface area contributed by atoms with Crippen molar-refractivity contribution in [3.63, 3.8) is 0 Å². The van der Waals surface area contributed by atoms with Crippen molar-refractivity contribution >= 4 is 5.78 Å². The highest BCUT2D eigenvalue weighted by molar-refractivity contribution is 5.87. The Morgan fingerprint density at radius 3 is 2.62 bits per heavy atom. The van der Waals surface area contributed by atoms with Crippen molar-refractivity contribution in [1.29, 1.82) is 0 Å². The predicted octanol–water partition coefficient (Wildman–Crippen LogP) is 3.63. The van der Waals surface area contributed by atoms with Crippen LogP contribution in [0.3, 0.4) is 0 Å². The van der Waals surface area contributed by atoms with Crippen molar-refractivity contribution in [2.45, 2.75) is 27.2 Å². The molecule has 1 aromatic carbocycles. The van der Waals surface area contributed by atoms with E-state index in [1.165, 1.54) is 11.1 Å². The summed E-state index contributed by atoms with van der Waals surface area (Å²) in [5.41, 5.74) is 3.70. The van der Waals surface area contributed by atoms with Crippen LogP contribution in [0.15, 0.2) is 48.1 Å². The molecular formula is C15H18O. The van der Waals surface area contributed by atoms with Crippen LogP contribution in [0.1, 0.15) is 25.0 Å². The molecule has 0 bridgehead atoms. The van der Waals surface area contributed by atoms with Gasteiger partial charge < -0.3 is 0 Å². The number of rotatable bonds is 4. The van der Waals surface area contributed by atoms with E-state index in [4.69, 9.17) is 0 Å². The van der Waals surface area contributed by atoms with E-state index in [1.807, 2.05) is 13.0 Å². The molecule has 0 atom stereocenters. The first-order valence-corrected chi connectivity index (χ1v) is 5.49. The zero-order chi connectivity index (χ0) is 12.0. The van der Waals surface area contributed by atoms with Gasteiger partial charge in [-0.3, -0.25) is 4.79 Å². The highest BCUT2D eigenvalue weighted by Crippen LogP contribution is 2.07. The summed E-state index contributed by atoms with van der Waals surface area (Å²) in [6, 6.07) is 8.46. The van der Waals surface area contributed by atoms with Crippen LogP contribution < -0.4 is 0 Å². The van der Waals surface area contributed by atoms with Gasteiger partial charge >= 0.3 is 0 Å². The van der Waals surface area contributed by atoms with Gasteiger partial charge in [0.2, 0.25) is 0 Å². The molecule has 0 heterocycles. The summed E-state index contributed by atoms with van der Waals surface area (Å²) in [7, 11) is 0. The lowest BCUT2D eigenvalue weighted by Crippen LogP contribution is -1.84. The van der Waals surface area contributed by atoms with Crippen LogP contribution in [-0.2, 0) is 11.2 Å². The largest absolute Gasteiger partial charge is 0.295 e. The molecule has 0 aliphatic rings.